The molecule has 0 N–H and O–H groups in total. The molecule has 1 fully saturated rings. The molecule has 0 saturated carbocycles. The van der Waals surface area contributed by atoms with E-state index in [9.17, 15) is 0 Å². The van der Waals surface area contributed by atoms with Crippen molar-refractivity contribution in [3.05, 3.63) is 36.2 Å². The van der Waals surface area contributed by atoms with Crippen molar-refractivity contribution in [1.82, 2.24) is 19.7 Å². The third kappa shape index (κ3) is 1.79. The van der Waals surface area contributed by atoms with Crippen molar-refractivity contribution in [2.24, 2.45) is 0 Å². The topological polar surface area (TPSA) is 46.8 Å². The summed E-state index contributed by atoms with van der Waals surface area (Å²) >= 11 is 1.66. The molecule has 1 saturated heterocycles. The minimum atomic E-state index is 0.443. The van der Waals surface area contributed by atoms with Crippen molar-refractivity contribution < 1.29 is 0 Å². The molecule has 0 radical (unpaired) electrons. The Morgan fingerprint density at radius 2 is 2.32 bits per heavy atom. The highest BCUT2D eigenvalue weighted by molar-refractivity contribution is 7.16. The summed E-state index contributed by atoms with van der Waals surface area (Å²) in [4.78, 5) is 12.2. The lowest BCUT2D eigenvalue weighted by molar-refractivity contribution is 0.494. The number of hydrogen-bond acceptors (Lipinski definition) is 5. The van der Waals surface area contributed by atoms with Gasteiger partial charge in [0.2, 0.25) is 0 Å². The van der Waals surface area contributed by atoms with Gasteiger partial charge in [-0.05, 0) is 23.9 Å². The van der Waals surface area contributed by atoms with Gasteiger partial charge in [0.25, 0.3) is 0 Å². The number of nitrogens with zero attached hydrogens (tertiary/aromatic N) is 5. The Hall–Kier alpha value is -1.95. The van der Waals surface area contributed by atoms with E-state index in [1.807, 2.05) is 23.1 Å². The van der Waals surface area contributed by atoms with Crippen molar-refractivity contribution >= 4 is 27.4 Å². The molecule has 4 heterocycles. The van der Waals surface area contributed by atoms with E-state index in [2.05, 4.69) is 31.4 Å². The van der Waals surface area contributed by atoms with Crippen LogP contribution in [0.15, 0.2) is 36.2 Å². The van der Waals surface area contributed by atoms with Crippen LogP contribution in [-0.2, 0) is 0 Å². The molecular formula is C13H13N5S. The van der Waals surface area contributed by atoms with E-state index in [0.717, 1.165) is 35.5 Å². The normalized spacial score (nSPS) is 19.4. The first-order valence-electron chi connectivity index (χ1n) is 6.34. The van der Waals surface area contributed by atoms with Crippen LogP contribution in [0.4, 0.5) is 5.82 Å². The highest BCUT2D eigenvalue weighted by Crippen LogP contribution is 2.31. The van der Waals surface area contributed by atoms with Crippen molar-refractivity contribution in [2.45, 2.75) is 12.5 Å². The predicted molar refractivity (Wildman–Crippen MR) is 75.5 cm³/mol. The van der Waals surface area contributed by atoms with E-state index in [1.54, 1.807) is 17.7 Å². The molecule has 0 bridgehead atoms. The van der Waals surface area contributed by atoms with E-state index in [4.69, 9.17) is 0 Å². The number of thiophene rings is 1. The average Bonchev–Trinajstić information content (AvgIpc) is 3.18. The van der Waals surface area contributed by atoms with Crippen LogP contribution < -0.4 is 4.90 Å². The molecule has 0 aromatic carbocycles. The lowest BCUT2D eigenvalue weighted by atomic mass is 10.3. The van der Waals surface area contributed by atoms with Crippen LogP contribution >= 0.6 is 11.3 Å². The number of anilines is 1. The number of hydrogen-bond donors (Lipinski definition) is 0. The minimum absolute atomic E-state index is 0.443. The average molecular weight is 271 g/mol. The predicted octanol–water partition coefficient (Wildman–Crippen LogP) is 2.34. The highest BCUT2D eigenvalue weighted by atomic mass is 32.1. The Morgan fingerprint density at radius 1 is 1.32 bits per heavy atom. The molecule has 1 aliphatic rings. The lowest BCUT2D eigenvalue weighted by Crippen LogP contribution is -2.22. The Labute approximate surface area is 114 Å². The van der Waals surface area contributed by atoms with Crippen molar-refractivity contribution in [3.63, 3.8) is 0 Å². The number of fused-ring (bicyclic) bond motifs is 1. The molecule has 96 valence electrons. The Bertz CT molecular complexity index is 690. The van der Waals surface area contributed by atoms with Gasteiger partial charge in [-0.1, -0.05) is 0 Å². The maximum Gasteiger partial charge on any atom is 0.140 e. The number of rotatable bonds is 2. The summed E-state index contributed by atoms with van der Waals surface area (Å²) in [5.41, 5.74) is 0. The van der Waals surface area contributed by atoms with Gasteiger partial charge in [0, 0.05) is 25.5 Å². The smallest absolute Gasteiger partial charge is 0.140 e. The molecule has 1 aliphatic heterocycles. The van der Waals surface area contributed by atoms with Gasteiger partial charge in [0.1, 0.15) is 17.0 Å². The Balaban J connectivity index is 1.66. The summed E-state index contributed by atoms with van der Waals surface area (Å²) in [6, 6.07) is 4.53. The molecule has 5 nitrogen and oxygen atoms in total. The van der Waals surface area contributed by atoms with E-state index in [1.165, 1.54) is 0 Å². The van der Waals surface area contributed by atoms with Crippen LogP contribution in [0.3, 0.4) is 0 Å². The van der Waals surface area contributed by atoms with Gasteiger partial charge >= 0.3 is 0 Å². The summed E-state index contributed by atoms with van der Waals surface area (Å²) in [7, 11) is 0. The van der Waals surface area contributed by atoms with Gasteiger partial charge < -0.3 is 4.90 Å². The molecule has 1 atom stereocenters. The molecule has 19 heavy (non-hydrogen) atoms. The minimum Gasteiger partial charge on any atom is -0.354 e. The maximum atomic E-state index is 4.47. The van der Waals surface area contributed by atoms with Gasteiger partial charge in [-0.3, -0.25) is 4.68 Å². The van der Waals surface area contributed by atoms with Crippen molar-refractivity contribution in [3.8, 4) is 0 Å². The summed E-state index contributed by atoms with van der Waals surface area (Å²) in [5.74, 6) is 1.06. The second kappa shape index (κ2) is 4.31. The third-order valence-corrected chi connectivity index (χ3v) is 4.42. The fourth-order valence-corrected chi connectivity index (χ4v) is 3.40. The summed E-state index contributed by atoms with van der Waals surface area (Å²) in [6.07, 6.45) is 6.64. The zero-order valence-electron chi connectivity index (χ0n) is 10.3. The van der Waals surface area contributed by atoms with Gasteiger partial charge in [0.05, 0.1) is 11.4 Å². The summed E-state index contributed by atoms with van der Waals surface area (Å²) in [5, 5.41) is 7.57. The standard InChI is InChI=1S/C13H13N5S/c1-4-16-18(5-1)10-2-6-17(8-10)12-11-3-7-19-13(11)15-9-14-12/h1,3-5,7,9-10H,2,6,8H2. The monoisotopic (exact) mass is 271 g/mol. The first-order chi connectivity index (χ1) is 9.42. The molecule has 0 aliphatic carbocycles. The molecule has 3 aromatic heterocycles. The summed E-state index contributed by atoms with van der Waals surface area (Å²) < 4.78 is 2.05. The summed E-state index contributed by atoms with van der Waals surface area (Å²) in [6.45, 7) is 1.98. The first kappa shape index (κ1) is 10.9. The maximum absolute atomic E-state index is 4.47. The van der Waals surface area contributed by atoms with E-state index < -0.39 is 0 Å². The molecule has 0 spiro atoms. The second-order valence-corrected chi connectivity index (χ2v) is 5.61. The van der Waals surface area contributed by atoms with Crippen LogP contribution in [0.5, 0.6) is 0 Å². The van der Waals surface area contributed by atoms with Gasteiger partial charge in [-0.15, -0.1) is 11.3 Å². The van der Waals surface area contributed by atoms with Crippen LogP contribution in [0.1, 0.15) is 12.5 Å². The molecule has 3 aromatic rings. The largest absolute Gasteiger partial charge is 0.354 e. The van der Waals surface area contributed by atoms with E-state index in [-0.39, 0.29) is 0 Å². The first-order valence-corrected chi connectivity index (χ1v) is 7.22. The fraction of sp³-hybridized carbons (Fsp3) is 0.308. The van der Waals surface area contributed by atoms with Gasteiger partial charge in [-0.2, -0.15) is 5.10 Å². The molecule has 1 unspecified atom stereocenters. The highest BCUT2D eigenvalue weighted by Gasteiger charge is 2.26. The van der Waals surface area contributed by atoms with Crippen LogP contribution in [-0.4, -0.2) is 32.8 Å². The van der Waals surface area contributed by atoms with E-state index >= 15 is 0 Å². The van der Waals surface area contributed by atoms with Gasteiger partial charge in [0.15, 0.2) is 0 Å². The SMILES string of the molecule is c1cnn(C2CCN(c3ncnc4sccc34)C2)c1. The quantitative estimate of drug-likeness (QED) is 0.717. The van der Waals surface area contributed by atoms with Crippen molar-refractivity contribution in [1.29, 1.82) is 0 Å². The molecule has 4 rings (SSSR count). The number of aromatic nitrogens is 4. The zero-order valence-corrected chi connectivity index (χ0v) is 11.1. The third-order valence-electron chi connectivity index (χ3n) is 3.60. The van der Waals surface area contributed by atoms with Gasteiger partial charge in [-0.25, -0.2) is 9.97 Å². The molecule has 0 amide bonds. The fourth-order valence-electron chi connectivity index (χ4n) is 2.68. The van der Waals surface area contributed by atoms with Crippen LogP contribution in [0.25, 0.3) is 10.2 Å². The molecular weight excluding hydrogens is 258 g/mol. The second-order valence-electron chi connectivity index (χ2n) is 4.71. The van der Waals surface area contributed by atoms with Crippen molar-refractivity contribution in [2.75, 3.05) is 18.0 Å². The Morgan fingerprint density at radius 3 is 3.21 bits per heavy atom. The Kier molecular flexibility index (Phi) is 2.48. The lowest BCUT2D eigenvalue weighted by Gasteiger charge is -2.18. The van der Waals surface area contributed by atoms with E-state index in [0.29, 0.717) is 6.04 Å². The zero-order chi connectivity index (χ0) is 12.7. The van der Waals surface area contributed by atoms with Crippen LogP contribution in [0, 0.1) is 0 Å². The van der Waals surface area contributed by atoms with Crippen LogP contribution in [0.2, 0.25) is 0 Å². The molecule has 6 heteroatoms.